The monoisotopic (exact) mass is 81.1 g/mol. The molecule has 0 bridgehead atoms. The number of rotatable bonds is 0. The molecule has 0 aromatic rings. The Bertz CT molecular complexity index is 92.5. The van der Waals surface area contributed by atoms with Crippen LogP contribution in [0.3, 0.4) is 0 Å². The molecule has 0 spiro atoms. The van der Waals surface area contributed by atoms with Gasteiger partial charge in [-0.15, -0.1) is 0 Å². The molecule has 1 fully saturated rings. The Morgan fingerprint density at radius 3 is 2.17 bits per heavy atom. The van der Waals surface area contributed by atoms with Gasteiger partial charge in [-0.3, -0.25) is 5.41 Å². The third kappa shape index (κ3) is 0.373. The first kappa shape index (κ1) is 3.63. The number of allylic oxidation sites excluding steroid dienone is 1. The van der Waals surface area contributed by atoms with E-state index in [4.69, 9.17) is 5.41 Å². The van der Waals surface area contributed by atoms with Gasteiger partial charge >= 0.3 is 0 Å². The van der Waals surface area contributed by atoms with Crippen molar-refractivity contribution in [3.63, 3.8) is 0 Å². The van der Waals surface area contributed by atoms with E-state index < -0.39 is 0 Å². The van der Waals surface area contributed by atoms with Crippen molar-refractivity contribution in [2.45, 2.75) is 19.3 Å². The molecular weight excluding hydrogens is 74.1 g/mol. The molecule has 1 heteroatoms. The van der Waals surface area contributed by atoms with Gasteiger partial charge in [0.25, 0.3) is 0 Å². The summed E-state index contributed by atoms with van der Waals surface area (Å²) in [6.07, 6.45) is 3.54. The highest BCUT2D eigenvalue weighted by Crippen LogP contribution is 2.21. The summed E-state index contributed by atoms with van der Waals surface area (Å²) in [7, 11) is 0. The SMILES string of the molecule is N=C=C1CCC1. The highest BCUT2D eigenvalue weighted by atomic mass is 14.3. The number of hydrogen-bond acceptors (Lipinski definition) is 1. The zero-order chi connectivity index (χ0) is 4.41. The lowest BCUT2D eigenvalue weighted by atomic mass is 9.94. The molecule has 0 saturated heterocycles. The molecule has 1 saturated carbocycles. The summed E-state index contributed by atoms with van der Waals surface area (Å²) in [5.41, 5.74) is 1.19. The second-order valence-electron chi connectivity index (χ2n) is 1.58. The Hall–Kier alpha value is -0.550. The standard InChI is InChI=1S/C5H7N/c6-4-5-2-1-3-5/h6H,1-3H2. The summed E-state index contributed by atoms with van der Waals surface area (Å²) in [5, 5.41) is 6.57. The first-order valence-corrected chi connectivity index (χ1v) is 2.21. The summed E-state index contributed by atoms with van der Waals surface area (Å²) in [6.45, 7) is 0. The zero-order valence-electron chi connectivity index (χ0n) is 3.62. The average molecular weight is 81.1 g/mol. The van der Waals surface area contributed by atoms with Crippen LogP contribution in [0.4, 0.5) is 0 Å². The van der Waals surface area contributed by atoms with Crippen LogP contribution in [-0.4, -0.2) is 5.87 Å². The molecule has 0 amide bonds. The number of nitrogens with one attached hydrogen (secondary N) is 1. The normalized spacial score (nSPS) is 19.0. The van der Waals surface area contributed by atoms with Gasteiger partial charge in [0.15, 0.2) is 0 Å². The molecule has 1 aliphatic carbocycles. The van der Waals surface area contributed by atoms with Gasteiger partial charge in [-0.1, -0.05) is 0 Å². The van der Waals surface area contributed by atoms with Gasteiger partial charge in [-0.05, 0) is 30.7 Å². The first-order valence-electron chi connectivity index (χ1n) is 2.21. The first-order chi connectivity index (χ1) is 2.93. The van der Waals surface area contributed by atoms with Crippen molar-refractivity contribution in [3.8, 4) is 0 Å². The fourth-order valence-electron chi connectivity index (χ4n) is 0.479. The molecule has 6 heavy (non-hydrogen) atoms. The van der Waals surface area contributed by atoms with Crippen LogP contribution in [0, 0.1) is 5.41 Å². The molecule has 0 atom stereocenters. The van der Waals surface area contributed by atoms with Gasteiger partial charge in [-0.25, -0.2) is 0 Å². The van der Waals surface area contributed by atoms with Crippen molar-refractivity contribution in [1.82, 2.24) is 0 Å². The smallest absolute Gasteiger partial charge is 0.00943 e. The van der Waals surface area contributed by atoms with Crippen molar-refractivity contribution in [2.24, 2.45) is 0 Å². The molecule has 32 valence electrons. The second kappa shape index (κ2) is 1.27. The Balaban J connectivity index is 2.55. The van der Waals surface area contributed by atoms with Crippen LogP contribution in [-0.2, 0) is 0 Å². The van der Waals surface area contributed by atoms with E-state index in [9.17, 15) is 0 Å². The third-order valence-electron chi connectivity index (χ3n) is 1.13. The lowest BCUT2D eigenvalue weighted by Crippen LogP contribution is -1.95. The van der Waals surface area contributed by atoms with Gasteiger partial charge < -0.3 is 0 Å². The van der Waals surface area contributed by atoms with E-state index in [1.807, 2.05) is 0 Å². The molecule has 1 nitrogen and oxygen atoms in total. The minimum Gasteiger partial charge on any atom is -0.259 e. The van der Waals surface area contributed by atoms with Crippen LogP contribution < -0.4 is 0 Å². The highest BCUT2D eigenvalue weighted by Gasteiger charge is 2.05. The van der Waals surface area contributed by atoms with E-state index in [2.05, 4.69) is 5.87 Å². The van der Waals surface area contributed by atoms with Gasteiger partial charge in [0.2, 0.25) is 0 Å². The van der Waals surface area contributed by atoms with E-state index in [1.54, 1.807) is 0 Å². The predicted octanol–water partition coefficient (Wildman–Crippen LogP) is 1.35. The largest absolute Gasteiger partial charge is 0.259 e. The number of hydrogen-bond donors (Lipinski definition) is 1. The topological polar surface area (TPSA) is 23.9 Å². The lowest BCUT2D eigenvalue weighted by molar-refractivity contribution is 0.674. The predicted molar refractivity (Wildman–Crippen MR) is 25.1 cm³/mol. The average Bonchev–Trinajstić information content (AvgIpc) is 1.31. The van der Waals surface area contributed by atoms with Crippen molar-refractivity contribution in [3.05, 3.63) is 5.57 Å². The third-order valence-corrected chi connectivity index (χ3v) is 1.13. The molecule has 0 aliphatic heterocycles. The molecule has 1 rings (SSSR count). The van der Waals surface area contributed by atoms with Crippen molar-refractivity contribution in [2.75, 3.05) is 0 Å². The molecule has 0 radical (unpaired) electrons. The molecule has 1 aliphatic rings. The van der Waals surface area contributed by atoms with Crippen LogP contribution in [0.2, 0.25) is 0 Å². The second-order valence-corrected chi connectivity index (χ2v) is 1.58. The molecule has 0 aromatic heterocycles. The lowest BCUT2D eigenvalue weighted by Gasteiger charge is -2.10. The van der Waals surface area contributed by atoms with E-state index >= 15 is 0 Å². The maximum Gasteiger partial charge on any atom is -0.00943 e. The zero-order valence-corrected chi connectivity index (χ0v) is 3.62. The minimum absolute atomic E-state index is 1.13. The summed E-state index contributed by atoms with van der Waals surface area (Å²) >= 11 is 0. The van der Waals surface area contributed by atoms with Gasteiger partial charge in [0.05, 0.1) is 0 Å². The van der Waals surface area contributed by atoms with E-state index in [0.717, 1.165) is 12.8 Å². The summed E-state index contributed by atoms with van der Waals surface area (Å²) in [4.78, 5) is 0. The Morgan fingerprint density at radius 2 is 2.17 bits per heavy atom. The van der Waals surface area contributed by atoms with Gasteiger partial charge in [0.1, 0.15) is 0 Å². The van der Waals surface area contributed by atoms with Crippen molar-refractivity contribution in [1.29, 1.82) is 5.41 Å². The summed E-state index contributed by atoms with van der Waals surface area (Å²) < 4.78 is 0. The molecule has 1 N–H and O–H groups in total. The van der Waals surface area contributed by atoms with Gasteiger partial charge in [-0.2, -0.15) is 0 Å². The quantitative estimate of drug-likeness (QED) is 0.425. The molecular formula is C5H7N. The van der Waals surface area contributed by atoms with Crippen LogP contribution in [0.15, 0.2) is 5.57 Å². The van der Waals surface area contributed by atoms with Crippen LogP contribution >= 0.6 is 0 Å². The van der Waals surface area contributed by atoms with Gasteiger partial charge in [0, 0.05) is 0 Å². The minimum atomic E-state index is 1.13. The molecule has 0 heterocycles. The Kier molecular flexibility index (Phi) is 0.771. The van der Waals surface area contributed by atoms with Crippen molar-refractivity contribution < 1.29 is 0 Å². The molecule has 0 aromatic carbocycles. The van der Waals surface area contributed by atoms with E-state index in [1.165, 1.54) is 12.0 Å². The van der Waals surface area contributed by atoms with Crippen LogP contribution in [0.5, 0.6) is 0 Å². The highest BCUT2D eigenvalue weighted by molar-refractivity contribution is 5.55. The molecule has 0 unspecified atom stereocenters. The Morgan fingerprint density at radius 1 is 1.50 bits per heavy atom. The fraction of sp³-hybridized carbons (Fsp3) is 0.600. The summed E-state index contributed by atoms with van der Waals surface area (Å²) in [5.74, 6) is 2.37. The Labute approximate surface area is 37.2 Å². The van der Waals surface area contributed by atoms with Crippen molar-refractivity contribution >= 4 is 5.87 Å². The van der Waals surface area contributed by atoms with E-state index in [0.29, 0.717) is 0 Å². The summed E-state index contributed by atoms with van der Waals surface area (Å²) in [6, 6.07) is 0. The fourth-order valence-corrected chi connectivity index (χ4v) is 0.479. The maximum absolute atomic E-state index is 6.57. The van der Waals surface area contributed by atoms with Crippen LogP contribution in [0.1, 0.15) is 19.3 Å². The van der Waals surface area contributed by atoms with Crippen LogP contribution in [0.25, 0.3) is 0 Å². The van der Waals surface area contributed by atoms with E-state index in [-0.39, 0.29) is 0 Å². The maximum atomic E-state index is 6.57.